The number of hydrogen-bond donors (Lipinski definition) is 2. The Balaban J connectivity index is 1.22. The molecule has 0 spiro atoms. The van der Waals surface area contributed by atoms with Crippen molar-refractivity contribution in [2.75, 3.05) is 31.1 Å². The van der Waals surface area contributed by atoms with Crippen molar-refractivity contribution in [3.63, 3.8) is 0 Å². The Bertz CT molecular complexity index is 979. The zero-order chi connectivity index (χ0) is 21.4. The summed E-state index contributed by atoms with van der Waals surface area (Å²) in [4.78, 5) is 39.2. The Labute approximate surface area is 187 Å². The maximum absolute atomic E-state index is 12.3. The van der Waals surface area contributed by atoms with Gasteiger partial charge in [0.25, 0.3) is 0 Å². The van der Waals surface area contributed by atoms with E-state index in [4.69, 9.17) is 12.6 Å². The fourth-order valence-corrected chi connectivity index (χ4v) is 5.20. The van der Waals surface area contributed by atoms with E-state index in [9.17, 15) is 9.59 Å². The van der Waals surface area contributed by atoms with Crippen molar-refractivity contribution in [3.8, 4) is 0 Å². The zero-order valence-electron chi connectivity index (χ0n) is 17.3. The summed E-state index contributed by atoms with van der Waals surface area (Å²) in [5.74, 6) is 0.547. The molecule has 3 aliphatic rings. The second-order valence-electron chi connectivity index (χ2n) is 8.37. The Morgan fingerprint density at radius 1 is 1.13 bits per heavy atom. The Morgan fingerprint density at radius 3 is 2.71 bits per heavy atom. The van der Waals surface area contributed by atoms with Crippen LogP contribution in [-0.4, -0.2) is 63.8 Å². The number of amides is 2. The highest BCUT2D eigenvalue weighted by atomic mass is 32.1. The monoisotopic (exact) mass is 438 g/mol. The molecule has 0 aliphatic carbocycles. The van der Waals surface area contributed by atoms with Crippen molar-refractivity contribution in [2.45, 2.75) is 37.3 Å². The summed E-state index contributed by atoms with van der Waals surface area (Å²) in [7, 11) is 0. The van der Waals surface area contributed by atoms with Crippen LogP contribution in [0.15, 0.2) is 36.8 Å². The number of rotatable bonds is 4. The van der Waals surface area contributed by atoms with Gasteiger partial charge in [-0.25, -0.2) is 4.98 Å². The van der Waals surface area contributed by atoms with Crippen LogP contribution in [0.5, 0.6) is 0 Å². The van der Waals surface area contributed by atoms with E-state index in [2.05, 4.69) is 48.2 Å². The van der Waals surface area contributed by atoms with Crippen LogP contribution in [0.3, 0.4) is 0 Å². The standard InChI is InChI=1S/C22H26N6O2S/c29-20-4-3-18(21(30)25-20)28-14-16-2-1-15(11-17(16)22(28)31)13-26-7-9-27(10-8-26)19-12-23-5-6-24-19/h1-2,5-6,11-12,18,22,31H,3-4,7-10,13-14H2,(H,25,29,30). The number of carbonyl (C=O) groups is 2. The number of nitrogens with one attached hydrogen (secondary N) is 1. The summed E-state index contributed by atoms with van der Waals surface area (Å²) in [5.41, 5.74) is 3.64. The molecule has 1 aromatic heterocycles. The van der Waals surface area contributed by atoms with E-state index in [0.717, 1.165) is 38.5 Å². The minimum atomic E-state index is -0.301. The van der Waals surface area contributed by atoms with Gasteiger partial charge in [-0.15, -0.1) is 0 Å². The van der Waals surface area contributed by atoms with Gasteiger partial charge in [-0.05, 0) is 23.1 Å². The van der Waals surface area contributed by atoms with Crippen LogP contribution in [0.25, 0.3) is 0 Å². The molecular formula is C22H26N6O2S. The van der Waals surface area contributed by atoms with Gasteiger partial charge in [-0.2, -0.15) is 12.6 Å². The van der Waals surface area contributed by atoms with Crippen molar-refractivity contribution < 1.29 is 9.59 Å². The van der Waals surface area contributed by atoms with Gasteiger partial charge in [0.2, 0.25) is 11.8 Å². The van der Waals surface area contributed by atoms with Crippen LogP contribution in [0.4, 0.5) is 5.82 Å². The molecule has 0 radical (unpaired) electrons. The average Bonchev–Trinajstić information content (AvgIpc) is 3.11. The number of hydrogen-bond acceptors (Lipinski definition) is 8. The lowest BCUT2D eigenvalue weighted by molar-refractivity contribution is -0.137. The maximum Gasteiger partial charge on any atom is 0.243 e. The number of imide groups is 1. The van der Waals surface area contributed by atoms with E-state index < -0.39 is 0 Å². The van der Waals surface area contributed by atoms with Crippen LogP contribution < -0.4 is 10.2 Å². The fourth-order valence-electron chi connectivity index (χ4n) is 4.72. The van der Waals surface area contributed by atoms with Crippen LogP contribution >= 0.6 is 12.6 Å². The highest BCUT2D eigenvalue weighted by Gasteiger charge is 2.39. The summed E-state index contributed by atoms with van der Waals surface area (Å²) in [6.45, 7) is 5.39. The minimum Gasteiger partial charge on any atom is -0.353 e. The first-order valence-corrected chi connectivity index (χ1v) is 11.2. The molecule has 2 amide bonds. The molecule has 5 rings (SSSR count). The third-order valence-corrected chi connectivity index (χ3v) is 6.99. The van der Waals surface area contributed by atoms with Gasteiger partial charge in [0.1, 0.15) is 5.82 Å². The van der Waals surface area contributed by atoms with Gasteiger partial charge in [-0.1, -0.05) is 18.2 Å². The largest absolute Gasteiger partial charge is 0.353 e. The van der Waals surface area contributed by atoms with Gasteiger partial charge in [0.15, 0.2) is 0 Å². The van der Waals surface area contributed by atoms with Crippen LogP contribution in [0.1, 0.15) is 34.9 Å². The molecule has 4 heterocycles. The fraction of sp³-hybridized carbons (Fsp3) is 0.455. The van der Waals surface area contributed by atoms with Crippen molar-refractivity contribution >= 4 is 30.3 Å². The number of anilines is 1. The molecule has 8 nitrogen and oxygen atoms in total. The molecular weight excluding hydrogens is 412 g/mol. The topological polar surface area (TPSA) is 81.7 Å². The summed E-state index contributed by atoms with van der Waals surface area (Å²) in [5, 5.41) is 2.33. The zero-order valence-corrected chi connectivity index (χ0v) is 18.2. The molecule has 0 bridgehead atoms. The molecule has 31 heavy (non-hydrogen) atoms. The molecule has 2 aromatic rings. The molecule has 1 aromatic carbocycles. The molecule has 0 saturated carbocycles. The maximum atomic E-state index is 12.3. The molecule has 2 fully saturated rings. The first-order chi connectivity index (χ1) is 15.1. The number of fused-ring (bicyclic) bond motifs is 1. The van der Waals surface area contributed by atoms with E-state index in [-0.39, 0.29) is 23.2 Å². The Hall–Kier alpha value is -2.49. The summed E-state index contributed by atoms with van der Waals surface area (Å²) >= 11 is 4.83. The third-order valence-electron chi connectivity index (χ3n) is 6.42. The minimum absolute atomic E-state index is 0.132. The predicted molar refractivity (Wildman–Crippen MR) is 119 cm³/mol. The number of benzene rings is 1. The van der Waals surface area contributed by atoms with Crippen molar-refractivity contribution in [2.24, 2.45) is 0 Å². The molecule has 3 aliphatic heterocycles. The van der Waals surface area contributed by atoms with Gasteiger partial charge in [0, 0.05) is 58.1 Å². The number of piperazine rings is 1. The number of piperidine rings is 1. The smallest absolute Gasteiger partial charge is 0.243 e. The van der Waals surface area contributed by atoms with E-state index in [1.54, 1.807) is 12.4 Å². The highest BCUT2D eigenvalue weighted by molar-refractivity contribution is 7.80. The van der Waals surface area contributed by atoms with Gasteiger partial charge in [-0.3, -0.25) is 29.7 Å². The molecule has 9 heteroatoms. The van der Waals surface area contributed by atoms with E-state index in [0.29, 0.717) is 19.4 Å². The van der Waals surface area contributed by atoms with Crippen LogP contribution in [0.2, 0.25) is 0 Å². The molecule has 2 saturated heterocycles. The molecule has 1 N–H and O–H groups in total. The van der Waals surface area contributed by atoms with E-state index in [1.807, 2.05) is 6.20 Å². The second-order valence-corrected chi connectivity index (χ2v) is 8.86. The molecule has 2 atom stereocenters. The van der Waals surface area contributed by atoms with E-state index >= 15 is 0 Å². The first kappa shape index (κ1) is 20.4. The lowest BCUT2D eigenvalue weighted by Gasteiger charge is -2.35. The number of aromatic nitrogens is 2. The number of carbonyl (C=O) groups excluding carboxylic acids is 2. The number of thiol groups is 1. The highest BCUT2D eigenvalue weighted by Crippen LogP contribution is 2.39. The van der Waals surface area contributed by atoms with Crippen molar-refractivity contribution in [3.05, 3.63) is 53.5 Å². The SMILES string of the molecule is O=C1CCC(N2Cc3ccc(CN4CCN(c5cnccn5)CC4)cc3C2S)C(=O)N1. The average molecular weight is 439 g/mol. The predicted octanol–water partition coefficient (Wildman–Crippen LogP) is 1.35. The Kier molecular flexibility index (Phi) is 5.64. The molecule has 2 unspecified atom stereocenters. The first-order valence-electron chi connectivity index (χ1n) is 10.7. The normalized spacial score (nSPS) is 24.9. The van der Waals surface area contributed by atoms with Crippen LogP contribution in [-0.2, 0) is 22.7 Å². The van der Waals surface area contributed by atoms with Crippen molar-refractivity contribution in [1.82, 2.24) is 25.1 Å². The summed E-state index contributed by atoms with van der Waals surface area (Å²) < 4.78 is 0. The van der Waals surface area contributed by atoms with E-state index in [1.165, 1.54) is 16.7 Å². The lowest BCUT2D eigenvalue weighted by atomic mass is 10.0. The second kappa shape index (κ2) is 8.57. The third kappa shape index (κ3) is 4.17. The molecule has 162 valence electrons. The number of nitrogens with zero attached hydrogens (tertiary/aromatic N) is 5. The quantitative estimate of drug-likeness (QED) is 0.551. The summed E-state index contributed by atoms with van der Waals surface area (Å²) in [6, 6.07) is 6.27. The van der Waals surface area contributed by atoms with Gasteiger partial charge in [0.05, 0.1) is 17.6 Å². The van der Waals surface area contributed by atoms with Crippen LogP contribution in [0, 0.1) is 0 Å². The summed E-state index contributed by atoms with van der Waals surface area (Å²) in [6.07, 6.45) is 6.19. The van der Waals surface area contributed by atoms with Gasteiger partial charge >= 0.3 is 0 Å². The Morgan fingerprint density at radius 2 is 1.97 bits per heavy atom. The van der Waals surface area contributed by atoms with Crippen molar-refractivity contribution in [1.29, 1.82) is 0 Å². The van der Waals surface area contributed by atoms with Gasteiger partial charge < -0.3 is 4.90 Å². The lowest BCUT2D eigenvalue weighted by Crippen LogP contribution is -2.51.